The van der Waals surface area contributed by atoms with Gasteiger partial charge >= 0.3 is 0 Å². The monoisotopic (exact) mass is 201 g/mol. The Labute approximate surface area is 85.8 Å². The first kappa shape index (κ1) is 11.1. The maximum absolute atomic E-state index is 5.78. The molecule has 3 atom stereocenters. The summed E-state index contributed by atoms with van der Waals surface area (Å²) in [4.78, 5) is 0. The number of hydrogen-bond acceptors (Lipinski definition) is 1. The molecule has 0 aromatic rings. The minimum atomic E-state index is 0.493. The van der Waals surface area contributed by atoms with Gasteiger partial charge in [0.1, 0.15) is 0 Å². The molecule has 1 saturated heterocycles. The summed E-state index contributed by atoms with van der Waals surface area (Å²) in [6, 6.07) is 0. The lowest BCUT2D eigenvalue weighted by Crippen LogP contribution is -2.33. The van der Waals surface area contributed by atoms with Crippen LogP contribution in [0.15, 0.2) is 0 Å². The summed E-state index contributed by atoms with van der Waals surface area (Å²) >= 11 is 1.74. The maximum atomic E-state index is 5.78. The molecule has 1 fully saturated rings. The van der Waals surface area contributed by atoms with Gasteiger partial charge in [0.15, 0.2) is 22.5 Å². The average Bonchev–Trinajstić information content (AvgIpc) is 2.21. The van der Waals surface area contributed by atoms with Gasteiger partial charge in [-0.25, -0.2) is 0 Å². The first-order valence-electron chi connectivity index (χ1n) is 5.32. The van der Waals surface area contributed by atoms with Crippen molar-refractivity contribution in [2.75, 3.05) is 6.61 Å². The SMILES string of the molecule is C=[S+]C(CC)C(C)C1CCCCO1. The van der Waals surface area contributed by atoms with Crippen LogP contribution in [0.5, 0.6) is 0 Å². The van der Waals surface area contributed by atoms with E-state index in [0.29, 0.717) is 17.3 Å². The Balaban J connectivity index is 2.43. The third kappa shape index (κ3) is 3.03. The molecule has 0 spiro atoms. The van der Waals surface area contributed by atoms with Gasteiger partial charge in [-0.1, -0.05) is 13.8 Å². The predicted octanol–water partition coefficient (Wildman–Crippen LogP) is 2.48. The molecule has 76 valence electrons. The van der Waals surface area contributed by atoms with Crippen molar-refractivity contribution >= 4 is 17.2 Å². The Hall–Kier alpha value is 0.0500. The van der Waals surface area contributed by atoms with Crippen LogP contribution >= 0.6 is 0 Å². The molecule has 0 N–H and O–H groups in total. The molecule has 2 heteroatoms. The van der Waals surface area contributed by atoms with Gasteiger partial charge in [0, 0.05) is 18.9 Å². The van der Waals surface area contributed by atoms with Gasteiger partial charge < -0.3 is 4.74 Å². The highest BCUT2D eigenvalue weighted by molar-refractivity contribution is 7.76. The lowest BCUT2D eigenvalue weighted by molar-refractivity contribution is -0.0167. The van der Waals surface area contributed by atoms with E-state index in [0.717, 1.165) is 6.61 Å². The zero-order valence-electron chi connectivity index (χ0n) is 8.79. The molecule has 0 saturated carbocycles. The van der Waals surface area contributed by atoms with Crippen LogP contribution in [0.4, 0.5) is 0 Å². The summed E-state index contributed by atoms with van der Waals surface area (Å²) in [6.45, 7) is 5.51. The fourth-order valence-electron chi connectivity index (χ4n) is 2.06. The summed E-state index contributed by atoms with van der Waals surface area (Å²) in [5.74, 6) is 4.59. The van der Waals surface area contributed by atoms with Gasteiger partial charge in [-0.2, -0.15) is 0 Å². The van der Waals surface area contributed by atoms with Gasteiger partial charge in [0.2, 0.25) is 0 Å². The number of ether oxygens (including phenoxy) is 1. The van der Waals surface area contributed by atoms with Crippen molar-refractivity contribution in [3.8, 4) is 0 Å². The van der Waals surface area contributed by atoms with Gasteiger partial charge in [0.25, 0.3) is 0 Å². The van der Waals surface area contributed by atoms with Crippen LogP contribution in [0.25, 0.3) is 0 Å². The number of rotatable bonds is 4. The van der Waals surface area contributed by atoms with Gasteiger partial charge in [-0.3, -0.25) is 0 Å². The summed E-state index contributed by atoms with van der Waals surface area (Å²) in [5, 5.41) is 0.670. The van der Waals surface area contributed by atoms with Gasteiger partial charge in [-0.05, 0) is 19.3 Å². The summed E-state index contributed by atoms with van der Waals surface area (Å²) in [5.41, 5.74) is 0. The molecular formula is C11H21OS+. The van der Waals surface area contributed by atoms with Crippen molar-refractivity contribution in [2.45, 2.75) is 50.9 Å². The van der Waals surface area contributed by atoms with Crippen LogP contribution in [0.1, 0.15) is 39.5 Å². The molecule has 3 unspecified atom stereocenters. The second-order valence-corrected chi connectivity index (χ2v) is 4.82. The van der Waals surface area contributed by atoms with Crippen molar-refractivity contribution in [2.24, 2.45) is 5.92 Å². The fourth-order valence-corrected chi connectivity index (χ4v) is 2.78. The van der Waals surface area contributed by atoms with E-state index in [2.05, 4.69) is 19.7 Å². The van der Waals surface area contributed by atoms with E-state index in [1.807, 2.05) is 0 Å². The molecule has 1 aliphatic rings. The molecule has 1 aliphatic heterocycles. The van der Waals surface area contributed by atoms with Gasteiger partial charge in [0.05, 0.1) is 6.10 Å². The quantitative estimate of drug-likeness (QED) is 0.501. The molecular weight excluding hydrogens is 180 g/mol. The van der Waals surface area contributed by atoms with Crippen LogP contribution in [0.2, 0.25) is 0 Å². The van der Waals surface area contributed by atoms with E-state index < -0.39 is 0 Å². The van der Waals surface area contributed by atoms with Crippen LogP contribution < -0.4 is 0 Å². The van der Waals surface area contributed by atoms with Crippen molar-refractivity contribution in [1.82, 2.24) is 0 Å². The Morgan fingerprint density at radius 3 is 2.77 bits per heavy atom. The van der Waals surface area contributed by atoms with E-state index >= 15 is 0 Å². The highest BCUT2D eigenvalue weighted by Gasteiger charge is 2.31. The minimum absolute atomic E-state index is 0.493. The van der Waals surface area contributed by atoms with E-state index in [1.165, 1.54) is 25.7 Å². The lowest BCUT2D eigenvalue weighted by atomic mass is 9.93. The highest BCUT2D eigenvalue weighted by atomic mass is 32.1. The Kier molecular flexibility index (Phi) is 4.89. The van der Waals surface area contributed by atoms with Crippen molar-refractivity contribution in [1.29, 1.82) is 0 Å². The second kappa shape index (κ2) is 5.71. The Morgan fingerprint density at radius 1 is 1.54 bits per heavy atom. The molecule has 0 aromatic carbocycles. The highest BCUT2D eigenvalue weighted by Crippen LogP contribution is 2.24. The van der Waals surface area contributed by atoms with E-state index in [1.54, 1.807) is 11.4 Å². The number of hydrogen-bond donors (Lipinski definition) is 0. The molecule has 13 heavy (non-hydrogen) atoms. The molecule has 0 aliphatic carbocycles. The second-order valence-electron chi connectivity index (χ2n) is 3.88. The topological polar surface area (TPSA) is 9.23 Å². The molecule has 0 aromatic heterocycles. The molecule has 1 nitrogen and oxygen atoms in total. The zero-order chi connectivity index (χ0) is 9.68. The first-order chi connectivity index (χ1) is 6.29. The predicted molar refractivity (Wildman–Crippen MR) is 61.3 cm³/mol. The Morgan fingerprint density at radius 2 is 2.31 bits per heavy atom. The standard InChI is InChI=1S/C11H21OS/c1-4-11(13-3)9(2)10-7-5-6-8-12-10/h9-11H,3-8H2,1-2H3/q+1. The summed E-state index contributed by atoms with van der Waals surface area (Å²) < 4.78 is 5.78. The normalized spacial score (nSPS) is 28.0. The first-order valence-corrected chi connectivity index (χ1v) is 6.37. The van der Waals surface area contributed by atoms with E-state index in [4.69, 9.17) is 4.74 Å². The molecule has 1 heterocycles. The molecule has 1 rings (SSSR count). The van der Waals surface area contributed by atoms with Crippen molar-refractivity contribution in [3.63, 3.8) is 0 Å². The molecule has 0 bridgehead atoms. The maximum Gasteiger partial charge on any atom is 0.189 e. The summed E-state index contributed by atoms with van der Waals surface area (Å²) in [7, 11) is 0. The van der Waals surface area contributed by atoms with Crippen molar-refractivity contribution in [3.05, 3.63) is 0 Å². The summed E-state index contributed by atoms with van der Waals surface area (Å²) in [6.07, 6.45) is 5.53. The largest absolute Gasteiger partial charge is 0.378 e. The lowest BCUT2D eigenvalue weighted by Gasteiger charge is -2.27. The van der Waals surface area contributed by atoms with Crippen LogP contribution in [-0.4, -0.2) is 23.8 Å². The van der Waals surface area contributed by atoms with Crippen molar-refractivity contribution < 1.29 is 4.74 Å². The van der Waals surface area contributed by atoms with Gasteiger partial charge in [-0.15, -0.1) is 0 Å². The Bertz CT molecular complexity index is 152. The average molecular weight is 201 g/mol. The third-order valence-corrected chi connectivity index (χ3v) is 4.20. The molecule has 0 amide bonds. The smallest absolute Gasteiger partial charge is 0.189 e. The molecule has 0 radical (unpaired) electrons. The van der Waals surface area contributed by atoms with Crippen LogP contribution in [0.3, 0.4) is 0 Å². The van der Waals surface area contributed by atoms with E-state index in [-0.39, 0.29) is 0 Å². The van der Waals surface area contributed by atoms with Crippen LogP contribution in [-0.2, 0) is 16.1 Å². The minimum Gasteiger partial charge on any atom is -0.378 e. The fraction of sp³-hybridized carbons (Fsp3) is 0.909. The zero-order valence-corrected chi connectivity index (χ0v) is 9.61. The third-order valence-electron chi connectivity index (χ3n) is 3.00. The van der Waals surface area contributed by atoms with Crippen LogP contribution in [0, 0.1) is 5.92 Å². The van der Waals surface area contributed by atoms with E-state index in [9.17, 15) is 0 Å².